The minimum atomic E-state index is 0.117. The average molecular weight is 239 g/mol. The SMILES string of the molecule is CCCCCSc1ncccc1/C(N)=N/O. The lowest BCUT2D eigenvalue weighted by atomic mass is 10.3. The molecule has 0 aliphatic heterocycles. The second kappa shape index (κ2) is 7.11. The first-order valence-corrected chi connectivity index (χ1v) is 6.33. The molecule has 0 aliphatic carbocycles. The van der Waals surface area contributed by atoms with Crippen molar-refractivity contribution in [1.82, 2.24) is 4.98 Å². The summed E-state index contributed by atoms with van der Waals surface area (Å²) >= 11 is 1.65. The number of thioether (sulfide) groups is 1. The summed E-state index contributed by atoms with van der Waals surface area (Å²) in [6.45, 7) is 2.17. The van der Waals surface area contributed by atoms with E-state index in [0.29, 0.717) is 5.56 Å². The minimum Gasteiger partial charge on any atom is -0.409 e. The summed E-state index contributed by atoms with van der Waals surface area (Å²) < 4.78 is 0. The molecule has 0 radical (unpaired) electrons. The Labute approximate surface area is 99.9 Å². The molecule has 0 unspecified atom stereocenters. The second-order valence-corrected chi connectivity index (χ2v) is 4.48. The van der Waals surface area contributed by atoms with Crippen LogP contribution in [-0.2, 0) is 0 Å². The molecule has 1 aromatic heterocycles. The van der Waals surface area contributed by atoms with E-state index in [9.17, 15) is 0 Å². The van der Waals surface area contributed by atoms with Crippen LogP contribution in [0.4, 0.5) is 0 Å². The van der Waals surface area contributed by atoms with Crippen LogP contribution in [0.5, 0.6) is 0 Å². The van der Waals surface area contributed by atoms with E-state index in [0.717, 1.165) is 17.2 Å². The molecule has 0 amide bonds. The molecule has 1 heterocycles. The van der Waals surface area contributed by atoms with Crippen LogP contribution in [0.1, 0.15) is 31.7 Å². The lowest BCUT2D eigenvalue weighted by Gasteiger charge is -2.05. The molecule has 0 bridgehead atoms. The van der Waals surface area contributed by atoms with Gasteiger partial charge in [-0.2, -0.15) is 0 Å². The molecule has 88 valence electrons. The van der Waals surface area contributed by atoms with Gasteiger partial charge in [-0.05, 0) is 24.3 Å². The Kier molecular flexibility index (Phi) is 5.71. The normalized spacial score (nSPS) is 11.7. The Morgan fingerprint density at radius 2 is 2.38 bits per heavy atom. The van der Waals surface area contributed by atoms with Crippen molar-refractivity contribution in [2.75, 3.05) is 5.75 Å². The van der Waals surface area contributed by atoms with Crippen molar-refractivity contribution in [3.8, 4) is 0 Å². The first kappa shape index (κ1) is 12.8. The zero-order valence-electron chi connectivity index (χ0n) is 9.39. The van der Waals surface area contributed by atoms with Crippen LogP contribution in [0, 0.1) is 0 Å². The van der Waals surface area contributed by atoms with Crippen LogP contribution < -0.4 is 5.73 Å². The molecule has 4 nitrogen and oxygen atoms in total. The zero-order chi connectivity index (χ0) is 11.8. The first-order valence-electron chi connectivity index (χ1n) is 5.35. The van der Waals surface area contributed by atoms with Crippen molar-refractivity contribution in [2.24, 2.45) is 10.9 Å². The number of nitrogens with zero attached hydrogens (tertiary/aromatic N) is 2. The molecule has 5 heteroatoms. The fourth-order valence-electron chi connectivity index (χ4n) is 1.28. The van der Waals surface area contributed by atoms with E-state index in [4.69, 9.17) is 10.9 Å². The number of pyridine rings is 1. The Hall–Kier alpha value is -1.23. The van der Waals surface area contributed by atoms with Gasteiger partial charge in [-0.1, -0.05) is 24.9 Å². The molecule has 1 rings (SSSR count). The number of hydrogen-bond acceptors (Lipinski definition) is 4. The summed E-state index contributed by atoms with van der Waals surface area (Å²) in [6, 6.07) is 3.59. The first-order chi connectivity index (χ1) is 7.79. The van der Waals surface area contributed by atoms with Gasteiger partial charge in [0.25, 0.3) is 0 Å². The van der Waals surface area contributed by atoms with E-state index in [-0.39, 0.29) is 5.84 Å². The van der Waals surface area contributed by atoms with Gasteiger partial charge in [0.1, 0.15) is 5.03 Å². The van der Waals surface area contributed by atoms with Crippen LogP contribution in [0.3, 0.4) is 0 Å². The molecule has 0 atom stereocenters. The van der Waals surface area contributed by atoms with E-state index < -0.39 is 0 Å². The second-order valence-electron chi connectivity index (χ2n) is 3.40. The van der Waals surface area contributed by atoms with E-state index in [1.165, 1.54) is 12.8 Å². The van der Waals surface area contributed by atoms with E-state index in [1.54, 1.807) is 24.0 Å². The Balaban J connectivity index is 2.64. The standard InChI is InChI=1S/C11H17N3OS/c1-2-3-4-8-16-11-9(10(12)14-15)6-5-7-13-11/h5-7,15H,2-4,8H2,1H3,(H2,12,14). The summed E-state index contributed by atoms with van der Waals surface area (Å²) in [4.78, 5) is 4.24. The van der Waals surface area contributed by atoms with Crippen molar-refractivity contribution in [2.45, 2.75) is 31.2 Å². The highest BCUT2D eigenvalue weighted by atomic mass is 32.2. The van der Waals surface area contributed by atoms with Crippen LogP contribution in [0.25, 0.3) is 0 Å². The number of hydrogen-bond donors (Lipinski definition) is 2. The molecule has 16 heavy (non-hydrogen) atoms. The van der Waals surface area contributed by atoms with E-state index in [1.807, 2.05) is 6.07 Å². The van der Waals surface area contributed by atoms with Crippen molar-refractivity contribution in [3.63, 3.8) is 0 Å². The molecule has 0 aromatic carbocycles. The zero-order valence-corrected chi connectivity index (χ0v) is 10.2. The predicted molar refractivity (Wildman–Crippen MR) is 67.0 cm³/mol. The van der Waals surface area contributed by atoms with E-state index >= 15 is 0 Å². The quantitative estimate of drug-likeness (QED) is 0.200. The maximum atomic E-state index is 8.65. The Morgan fingerprint density at radius 1 is 1.56 bits per heavy atom. The van der Waals surface area contributed by atoms with Crippen molar-refractivity contribution in [1.29, 1.82) is 0 Å². The number of oxime groups is 1. The number of nitrogens with two attached hydrogens (primary N) is 1. The maximum absolute atomic E-state index is 8.65. The summed E-state index contributed by atoms with van der Waals surface area (Å²) in [5, 5.41) is 12.5. The number of amidine groups is 1. The lowest BCUT2D eigenvalue weighted by Crippen LogP contribution is -2.14. The third kappa shape index (κ3) is 3.73. The molecule has 1 aromatic rings. The van der Waals surface area contributed by atoms with Crippen LogP contribution in [0.15, 0.2) is 28.5 Å². The van der Waals surface area contributed by atoms with Gasteiger partial charge in [0.15, 0.2) is 5.84 Å². The summed E-state index contributed by atoms with van der Waals surface area (Å²) in [5.74, 6) is 1.13. The van der Waals surface area contributed by atoms with Gasteiger partial charge in [0, 0.05) is 6.20 Å². The Morgan fingerprint density at radius 3 is 3.06 bits per heavy atom. The smallest absolute Gasteiger partial charge is 0.172 e. The number of unbranched alkanes of at least 4 members (excludes halogenated alkanes) is 2. The van der Waals surface area contributed by atoms with Crippen LogP contribution in [0.2, 0.25) is 0 Å². The summed E-state index contributed by atoms with van der Waals surface area (Å²) in [5.41, 5.74) is 6.27. The van der Waals surface area contributed by atoms with Gasteiger partial charge in [-0.3, -0.25) is 0 Å². The molecular weight excluding hydrogens is 222 g/mol. The fourth-order valence-corrected chi connectivity index (χ4v) is 2.28. The average Bonchev–Trinajstić information content (AvgIpc) is 2.34. The summed E-state index contributed by atoms with van der Waals surface area (Å²) in [7, 11) is 0. The van der Waals surface area contributed by atoms with Crippen LogP contribution in [-0.4, -0.2) is 21.8 Å². The van der Waals surface area contributed by atoms with Crippen molar-refractivity contribution in [3.05, 3.63) is 23.9 Å². The number of rotatable bonds is 6. The molecule has 0 fully saturated rings. The molecule has 0 saturated carbocycles. The highest BCUT2D eigenvalue weighted by Crippen LogP contribution is 2.21. The van der Waals surface area contributed by atoms with Crippen molar-refractivity contribution < 1.29 is 5.21 Å². The monoisotopic (exact) mass is 239 g/mol. The largest absolute Gasteiger partial charge is 0.409 e. The predicted octanol–water partition coefficient (Wildman–Crippen LogP) is 2.46. The van der Waals surface area contributed by atoms with Gasteiger partial charge in [0.05, 0.1) is 5.56 Å². The lowest BCUT2D eigenvalue weighted by molar-refractivity contribution is 0.318. The topological polar surface area (TPSA) is 71.5 Å². The molecular formula is C11H17N3OS. The molecule has 0 spiro atoms. The molecule has 3 N–H and O–H groups in total. The third-order valence-corrected chi connectivity index (χ3v) is 3.23. The molecule has 0 aliphatic rings. The van der Waals surface area contributed by atoms with Gasteiger partial charge in [-0.15, -0.1) is 11.8 Å². The highest BCUT2D eigenvalue weighted by molar-refractivity contribution is 7.99. The molecule has 0 saturated heterocycles. The third-order valence-electron chi connectivity index (χ3n) is 2.14. The summed E-state index contributed by atoms with van der Waals surface area (Å²) in [6.07, 6.45) is 5.30. The van der Waals surface area contributed by atoms with E-state index in [2.05, 4.69) is 17.1 Å². The Bertz CT molecular complexity index is 355. The van der Waals surface area contributed by atoms with Gasteiger partial charge < -0.3 is 10.9 Å². The van der Waals surface area contributed by atoms with Gasteiger partial charge in [0.2, 0.25) is 0 Å². The van der Waals surface area contributed by atoms with Gasteiger partial charge in [-0.25, -0.2) is 4.98 Å². The minimum absolute atomic E-state index is 0.117. The fraction of sp³-hybridized carbons (Fsp3) is 0.455. The van der Waals surface area contributed by atoms with Gasteiger partial charge >= 0.3 is 0 Å². The highest BCUT2D eigenvalue weighted by Gasteiger charge is 2.07. The van der Waals surface area contributed by atoms with Crippen LogP contribution >= 0.6 is 11.8 Å². The van der Waals surface area contributed by atoms with Crippen molar-refractivity contribution >= 4 is 17.6 Å². The maximum Gasteiger partial charge on any atom is 0.172 e. The number of aromatic nitrogens is 1.